The van der Waals surface area contributed by atoms with Crippen molar-refractivity contribution in [3.05, 3.63) is 39.7 Å². The molecule has 0 spiro atoms. The third-order valence-corrected chi connectivity index (χ3v) is 11.8. The third-order valence-electron chi connectivity index (χ3n) is 10.8. The Morgan fingerprint density at radius 3 is 2.22 bits per heavy atom. The Morgan fingerprint density at radius 2 is 1.64 bits per heavy atom. The van der Waals surface area contributed by atoms with Gasteiger partial charge < -0.3 is 10.0 Å². The molecule has 0 bridgehead atoms. The molecule has 36 heavy (non-hydrogen) atoms. The van der Waals surface area contributed by atoms with E-state index in [2.05, 4.69) is 56.2 Å². The summed E-state index contributed by atoms with van der Waals surface area (Å²) < 4.78 is 0. The van der Waals surface area contributed by atoms with Crippen molar-refractivity contribution in [1.29, 1.82) is 0 Å². The first kappa shape index (κ1) is 26.4. The van der Waals surface area contributed by atoms with E-state index < -0.39 is 0 Å². The van der Waals surface area contributed by atoms with Gasteiger partial charge in [0.1, 0.15) is 0 Å². The van der Waals surface area contributed by atoms with Crippen LogP contribution in [-0.4, -0.2) is 40.7 Å². The van der Waals surface area contributed by atoms with Crippen LogP contribution in [0.3, 0.4) is 0 Å². The molecule has 2 aliphatic carbocycles. The number of aliphatic hydroxyl groups excluding tert-OH is 1. The maximum absolute atomic E-state index is 9.83. The second-order valence-corrected chi connectivity index (χ2v) is 13.2. The number of aliphatic hydroxyl groups is 1. The van der Waals surface area contributed by atoms with Crippen LogP contribution in [0.1, 0.15) is 114 Å². The number of aromatic nitrogens is 1. The topological polar surface area (TPSA) is 36.4 Å². The minimum atomic E-state index is -0.134. The lowest BCUT2D eigenvalue weighted by atomic mass is 9.57. The molecule has 3 nitrogen and oxygen atoms in total. The largest absolute Gasteiger partial charge is 0.393 e. The van der Waals surface area contributed by atoms with Crippen molar-refractivity contribution in [2.45, 2.75) is 115 Å². The zero-order valence-corrected chi connectivity index (χ0v) is 24.2. The van der Waals surface area contributed by atoms with Crippen LogP contribution in [0.4, 0.5) is 0 Å². The summed E-state index contributed by atoms with van der Waals surface area (Å²) in [5.41, 5.74) is 6.42. The monoisotopic (exact) mass is 508 g/mol. The Hall–Kier alpha value is -1.23. The molecule has 1 aromatic carbocycles. The van der Waals surface area contributed by atoms with Crippen LogP contribution < -0.4 is 0 Å². The van der Waals surface area contributed by atoms with Gasteiger partial charge in [-0.3, -0.25) is 0 Å². The Morgan fingerprint density at radius 1 is 1.00 bits per heavy atom. The Balaban J connectivity index is 1.32. The SMILES string of the molecule is CCC1(CC)CCC(CC)(CC)c2cc(-c3csc(C4CCN(CC5CC5C(C)O)CC4)n3)ccc21. The van der Waals surface area contributed by atoms with Gasteiger partial charge in [0.2, 0.25) is 0 Å². The lowest BCUT2D eigenvalue weighted by molar-refractivity contribution is 0.150. The van der Waals surface area contributed by atoms with E-state index in [9.17, 15) is 5.11 Å². The van der Waals surface area contributed by atoms with E-state index >= 15 is 0 Å². The first-order valence-electron chi connectivity index (χ1n) is 14.9. The average molecular weight is 509 g/mol. The molecule has 1 N–H and O–H groups in total. The molecule has 1 aliphatic heterocycles. The second-order valence-electron chi connectivity index (χ2n) is 12.3. The number of hydrogen-bond donors (Lipinski definition) is 1. The number of piperidine rings is 1. The van der Waals surface area contributed by atoms with Gasteiger partial charge in [0.15, 0.2) is 0 Å². The Kier molecular flexibility index (Phi) is 7.69. The van der Waals surface area contributed by atoms with Gasteiger partial charge in [-0.1, -0.05) is 39.8 Å². The van der Waals surface area contributed by atoms with Gasteiger partial charge >= 0.3 is 0 Å². The lowest BCUT2D eigenvalue weighted by Gasteiger charge is -2.48. The van der Waals surface area contributed by atoms with Crippen molar-refractivity contribution in [2.75, 3.05) is 19.6 Å². The summed E-state index contributed by atoms with van der Waals surface area (Å²) in [6.45, 7) is 15.0. The van der Waals surface area contributed by atoms with E-state index in [4.69, 9.17) is 4.98 Å². The maximum Gasteiger partial charge on any atom is 0.0964 e. The van der Waals surface area contributed by atoms with Crippen LogP contribution in [-0.2, 0) is 10.8 Å². The fourth-order valence-corrected chi connectivity index (χ4v) is 8.70. The van der Waals surface area contributed by atoms with Gasteiger partial charge in [-0.05, 0) is 118 Å². The highest BCUT2D eigenvalue weighted by atomic mass is 32.1. The number of thiazole rings is 1. The molecule has 2 aromatic rings. The molecule has 1 aromatic heterocycles. The van der Waals surface area contributed by atoms with E-state index in [1.807, 2.05) is 18.3 Å². The van der Waals surface area contributed by atoms with Crippen LogP contribution in [0.5, 0.6) is 0 Å². The van der Waals surface area contributed by atoms with Crippen LogP contribution in [0.2, 0.25) is 0 Å². The van der Waals surface area contributed by atoms with Crippen molar-refractivity contribution in [2.24, 2.45) is 11.8 Å². The molecule has 1 saturated carbocycles. The average Bonchev–Trinajstić information content (AvgIpc) is 3.51. The zero-order valence-electron chi connectivity index (χ0n) is 23.4. The highest BCUT2D eigenvalue weighted by Crippen LogP contribution is 2.53. The van der Waals surface area contributed by atoms with Crippen molar-refractivity contribution in [3.63, 3.8) is 0 Å². The molecule has 4 heteroatoms. The predicted molar refractivity (Wildman–Crippen MR) is 153 cm³/mol. The first-order chi connectivity index (χ1) is 17.4. The summed E-state index contributed by atoms with van der Waals surface area (Å²) in [6.07, 6.45) is 11.1. The summed E-state index contributed by atoms with van der Waals surface area (Å²) in [5.74, 6) is 1.86. The Bertz CT molecular complexity index is 1030. The third kappa shape index (κ3) is 4.71. The van der Waals surface area contributed by atoms with E-state index in [1.54, 1.807) is 11.1 Å². The van der Waals surface area contributed by atoms with Gasteiger partial charge in [-0.15, -0.1) is 11.3 Å². The molecule has 2 fully saturated rings. The summed E-state index contributed by atoms with van der Waals surface area (Å²) >= 11 is 1.88. The van der Waals surface area contributed by atoms with E-state index in [0.29, 0.717) is 22.7 Å². The van der Waals surface area contributed by atoms with Gasteiger partial charge in [-0.25, -0.2) is 4.98 Å². The van der Waals surface area contributed by atoms with Crippen LogP contribution in [0.15, 0.2) is 23.6 Å². The standard InChI is InChI=1S/C32H48N2OS/c1-6-31(7-2)14-15-32(8-3,9-4)28-19-24(10-11-27(28)31)29-21-36-30(33-29)23-12-16-34(17-13-23)20-25-18-26(25)22(5)35/h10-11,19,21-23,25-26,35H,6-9,12-18,20H2,1-5H3. The smallest absolute Gasteiger partial charge is 0.0964 e. The van der Waals surface area contributed by atoms with Gasteiger partial charge in [-0.2, -0.15) is 0 Å². The van der Waals surface area contributed by atoms with E-state index in [0.717, 1.165) is 5.92 Å². The Labute approximate surface area is 223 Å². The summed E-state index contributed by atoms with van der Waals surface area (Å²) in [6, 6.07) is 7.39. The number of likely N-dealkylation sites (tertiary alicyclic amines) is 1. The van der Waals surface area contributed by atoms with Gasteiger partial charge in [0.05, 0.1) is 16.8 Å². The molecule has 1 saturated heterocycles. The molecular formula is C32H48N2OS. The lowest BCUT2D eigenvalue weighted by Crippen LogP contribution is -2.39. The number of benzene rings is 1. The maximum atomic E-state index is 9.83. The summed E-state index contributed by atoms with van der Waals surface area (Å²) in [5, 5.41) is 13.5. The van der Waals surface area contributed by atoms with Crippen LogP contribution in [0, 0.1) is 11.8 Å². The summed E-state index contributed by atoms with van der Waals surface area (Å²) in [4.78, 5) is 7.86. The van der Waals surface area contributed by atoms with E-state index in [1.165, 1.54) is 93.7 Å². The normalized spacial score (nSPS) is 26.5. The molecule has 198 valence electrons. The molecule has 2 heterocycles. The zero-order chi connectivity index (χ0) is 25.5. The molecular weight excluding hydrogens is 460 g/mol. The number of rotatable bonds is 9. The number of fused-ring (bicyclic) bond motifs is 1. The quantitative estimate of drug-likeness (QED) is 0.374. The molecule has 5 rings (SSSR count). The van der Waals surface area contributed by atoms with E-state index in [-0.39, 0.29) is 6.10 Å². The molecule has 3 aliphatic rings. The fourth-order valence-electron chi connectivity index (χ4n) is 7.70. The minimum absolute atomic E-state index is 0.134. The fraction of sp³-hybridized carbons (Fsp3) is 0.719. The highest BCUT2D eigenvalue weighted by molar-refractivity contribution is 7.10. The molecule has 3 atom stereocenters. The number of hydrogen-bond acceptors (Lipinski definition) is 4. The van der Waals surface area contributed by atoms with Crippen molar-refractivity contribution in [3.8, 4) is 11.3 Å². The van der Waals surface area contributed by atoms with Gasteiger partial charge in [0, 0.05) is 23.4 Å². The first-order valence-corrected chi connectivity index (χ1v) is 15.8. The minimum Gasteiger partial charge on any atom is -0.393 e. The van der Waals surface area contributed by atoms with Crippen LogP contribution in [0.25, 0.3) is 11.3 Å². The predicted octanol–water partition coefficient (Wildman–Crippen LogP) is 7.92. The molecule has 0 radical (unpaired) electrons. The highest BCUT2D eigenvalue weighted by Gasteiger charge is 2.44. The van der Waals surface area contributed by atoms with Crippen molar-refractivity contribution >= 4 is 11.3 Å². The summed E-state index contributed by atoms with van der Waals surface area (Å²) in [7, 11) is 0. The van der Waals surface area contributed by atoms with Crippen molar-refractivity contribution in [1.82, 2.24) is 9.88 Å². The molecule has 0 amide bonds. The second kappa shape index (κ2) is 10.5. The van der Waals surface area contributed by atoms with Gasteiger partial charge in [0.25, 0.3) is 0 Å². The molecule has 3 unspecified atom stereocenters. The van der Waals surface area contributed by atoms with Crippen molar-refractivity contribution < 1.29 is 5.11 Å². The number of nitrogens with zero attached hydrogens (tertiary/aromatic N) is 2. The van der Waals surface area contributed by atoms with Crippen LogP contribution >= 0.6 is 11.3 Å².